The Hall–Kier alpha value is -1.27. The summed E-state index contributed by atoms with van der Waals surface area (Å²) in [7, 11) is 3.73. The van der Waals surface area contributed by atoms with E-state index in [9.17, 15) is 0 Å². The molecule has 0 fully saturated rings. The molecule has 1 N–H and O–H groups in total. The van der Waals surface area contributed by atoms with Crippen LogP contribution in [0, 0.1) is 19.3 Å². The maximum atomic E-state index is 5.31. The van der Waals surface area contributed by atoms with Gasteiger partial charge in [-0.2, -0.15) is 5.10 Å². The van der Waals surface area contributed by atoms with E-state index in [-0.39, 0.29) is 6.04 Å². The molecule has 0 aliphatic rings. The fourth-order valence-corrected chi connectivity index (χ4v) is 1.05. The molecule has 0 bridgehead atoms. The van der Waals surface area contributed by atoms with Crippen LogP contribution in [0.3, 0.4) is 0 Å². The molecule has 1 heterocycles. The first-order valence-electron chi connectivity index (χ1n) is 3.83. The molecular weight excluding hydrogens is 150 g/mol. The highest BCUT2D eigenvalue weighted by Gasteiger charge is 2.09. The second kappa shape index (κ2) is 3.42. The van der Waals surface area contributed by atoms with Crippen LogP contribution >= 0.6 is 0 Å². The summed E-state index contributed by atoms with van der Waals surface area (Å²) in [5, 5.41) is 7.26. The Kier molecular flexibility index (Phi) is 2.51. The molecule has 0 aromatic carbocycles. The smallest absolute Gasteiger partial charge is 0.113 e. The van der Waals surface area contributed by atoms with Gasteiger partial charge in [0, 0.05) is 12.7 Å². The highest BCUT2D eigenvalue weighted by molar-refractivity contribution is 5.20. The fraction of sp³-hybridized carbons (Fsp3) is 0.444. The Labute approximate surface area is 72.8 Å². The van der Waals surface area contributed by atoms with Gasteiger partial charge in [-0.3, -0.25) is 4.68 Å². The Morgan fingerprint density at radius 2 is 2.42 bits per heavy atom. The predicted octanol–water partition coefficient (Wildman–Crippen LogP) is 0.622. The molecule has 1 aromatic rings. The van der Waals surface area contributed by atoms with Gasteiger partial charge in [-0.05, 0) is 20.0 Å². The van der Waals surface area contributed by atoms with Crippen LogP contribution in [0.15, 0.2) is 6.07 Å². The van der Waals surface area contributed by atoms with Crippen LogP contribution in [0.4, 0.5) is 0 Å². The Bertz CT molecular complexity index is 287. The molecule has 0 amide bonds. The van der Waals surface area contributed by atoms with Crippen LogP contribution in [-0.4, -0.2) is 16.8 Å². The molecule has 0 saturated heterocycles. The fourth-order valence-electron chi connectivity index (χ4n) is 1.05. The second-order valence-corrected chi connectivity index (χ2v) is 2.72. The molecule has 1 aromatic heterocycles. The summed E-state index contributed by atoms with van der Waals surface area (Å²) in [6.45, 7) is 2.00. The summed E-state index contributed by atoms with van der Waals surface area (Å²) in [4.78, 5) is 0. The molecular formula is C9H13N3. The van der Waals surface area contributed by atoms with Crippen molar-refractivity contribution >= 4 is 0 Å². The van der Waals surface area contributed by atoms with E-state index in [0.29, 0.717) is 0 Å². The lowest BCUT2D eigenvalue weighted by Crippen LogP contribution is -2.14. The number of aromatic nitrogens is 2. The van der Waals surface area contributed by atoms with Gasteiger partial charge in [-0.25, -0.2) is 0 Å². The first-order chi connectivity index (χ1) is 5.69. The molecule has 3 heteroatoms. The van der Waals surface area contributed by atoms with E-state index in [2.05, 4.69) is 16.3 Å². The van der Waals surface area contributed by atoms with Crippen LogP contribution in [0.2, 0.25) is 0 Å². The van der Waals surface area contributed by atoms with Gasteiger partial charge in [0.2, 0.25) is 0 Å². The van der Waals surface area contributed by atoms with Gasteiger partial charge in [0.05, 0.1) is 5.69 Å². The van der Waals surface area contributed by atoms with Crippen molar-refractivity contribution in [2.75, 3.05) is 7.05 Å². The highest BCUT2D eigenvalue weighted by atomic mass is 15.3. The number of rotatable bonds is 2. The van der Waals surface area contributed by atoms with Crippen molar-refractivity contribution in [1.29, 1.82) is 0 Å². The lowest BCUT2D eigenvalue weighted by atomic mass is 10.2. The molecule has 0 radical (unpaired) electrons. The molecule has 64 valence electrons. The topological polar surface area (TPSA) is 29.9 Å². The van der Waals surface area contributed by atoms with Crippen LogP contribution in [0.5, 0.6) is 0 Å². The van der Waals surface area contributed by atoms with Crippen LogP contribution < -0.4 is 5.32 Å². The Balaban J connectivity index is 2.96. The lowest BCUT2D eigenvalue weighted by Gasteiger charge is -2.03. The number of aryl methyl sites for hydroxylation is 2. The first-order valence-corrected chi connectivity index (χ1v) is 3.83. The molecule has 1 atom stereocenters. The summed E-state index contributed by atoms with van der Waals surface area (Å²) in [6, 6.07) is 1.91. The Morgan fingerprint density at radius 1 is 1.75 bits per heavy atom. The number of nitrogens with one attached hydrogen (secondary N) is 1. The summed E-state index contributed by atoms with van der Waals surface area (Å²) in [5.41, 5.74) is 2.01. The largest absolute Gasteiger partial charge is 0.302 e. The van der Waals surface area contributed by atoms with E-state index in [1.807, 2.05) is 31.8 Å². The molecule has 0 aliphatic carbocycles. The van der Waals surface area contributed by atoms with E-state index in [0.717, 1.165) is 11.4 Å². The summed E-state index contributed by atoms with van der Waals surface area (Å²) >= 11 is 0. The zero-order valence-electron chi connectivity index (χ0n) is 7.63. The monoisotopic (exact) mass is 163 g/mol. The Morgan fingerprint density at radius 3 is 2.75 bits per heavy atom. The number of terminal acetylenes is 1. The summed E-state index contributed by atoms with van der Waals surface area (Å²) in [5.74, 6) is 2.62. The molecule has 0 aliphatic heterocycles. The van der Waals surface area contributed by atoms with Crippen molar-refractivity contribution in [3.8, 4) is 12.3 Å². The number of nitrogens with zero attached hydrogens (tertiary/aromatic N) is 2. The van der Waals surface area contributed by atoms with Crippen molar-refractivity contribution < 1.29 is 0 Å². The van der Waals surface area contributed by atoms with Crippen molar-refractivity contribution in [2.45, 2.75) is 13.0 Å². The predicted molar refractivity (Wildman–Crippen MR) is 48.6 cm³/mol. The third kappa shape index (κ3) is 1.49. The van der Waals surface area contributed by atoms with Crippen molar-refractivity contribution in [3.05, 3.63) is 17.5 Å². The van der Waals surface area contributed by atoms with Gasteiger partial charge >= 0.3 is 0 Å². The molecule has 12 heavy (non-hydrogen) atoms. The standard InChI is InChI=1S/C9H13N3/c1-5-8(10-3)9-6-7(2)12(4)11-9/h1,6,8,10H,2-4H3. The van der Waals surface area contributed by atoms with E-state index in [1.54, 1.807) is 0 Å². The zero-order chi connectivity index (χ0) is 9.14. The van der Waals surface area contributed by atoms with Gasteiger partial charge in [0.25, 0.3) is 0 Å². The third-order valence-electron chi connectivity index (χ3n) is 1.88. The average Bonchev–Trinajstić information content (AvgIpc) is 2.35. The summed E-state index contributed by atoms with van der Waals surface area (Å²) in [6.07, 6.45) is 5.31. The van der Waals surface area contributed by atoms with Gasteiger partial charge in [0.15, 0.2) is 0 Å². The van der Waals surface area contributed by atoms with E-state index >= 15 is 0 Å². The number of hydrogen-bond acceptors (Lipinski definition) is 2. The SMILES string of the molecule is C#CC(NC)c1cc(C)n(C)n1. The minimum atomic E-state index is -0.0788. The molecule has 1 rings (SSSR count). The zero-order valence-corrected chi connectivity index (χ0v) is 7.63. The lowest BCUT2D eigenvalue weighted by molar-refractivity contribution is 0.665. The molecule has 0 saturated carbocycles. The van der Waals surface area contributed by atoms with Crippen LogP contribution in [0.25, 0.3) is 0 Å². The highest BCUT2D eigenvalue weighted by Crippen LogP contribution is 2.10. The third-order valence-corrected chi connectivity index (χ3v) is 1.88. The van der Waals surface area contributed by atoms with Crippen molar-refractivity contribution in [1.82, 2.24) is 15.1 Å². The van der Waals surface area contributed by atoms with Gasteiger partial charge in [0.1, 0.15) is 6.04 Å². The average molecular weight is 163 g/mol. The van der Waals surface area contributed by atoms with Crippen molar-refractivity contribution in [3.63, 3.8) is 0 Å². The summed E-state index contributed by atoms with van der Waals surface area (Å²) < 4.78 is 1.82. The van der Waals surface area contributed by atoms with Crippen LogP contribution in [0.1, 0.15) is 17.4 Å². The molecule has 1 unspecified atom stereocenters. The molecule has 3 nitrogen and oxygen atoms in total. The van der Waals surface area contributed by atoms with E-state index in [4.69, 9.17) is 6.42 Å². The van der Waals surface area contributed by atoms with E-state index in [1.165, 1.54) is 0 Å². The van der Waals surface area contributed by atoms with Crippen molar-refractivity contribution in [2.24, 2.45) is 7.05 Å². The van der Waals surface area contributed by atoms with Crippen LogP contribution in [-0.2, 0) is 7.05 Å². The molecule has 0 spiro atoms. The van der Waals surface area contributed by atoms with E-state index < -0.39 is 0 Å². The second-order valence-electron chi connectivity index (χ2n) is 2.72. The van der Waals surface area contributed by atoms with Gasteiger partial charge < -0.3 is 5.32 Å². The maximum Gasteiger partial charge on any atom is 0.113 e. The van der Waals surface area contributed by atoms with Gasteiger partial charge in [-0.1, -0.05) is 5.92 Å². The first kappa shape index (κ1) is 8.82. The maximum absolute atomic E-state index is 5.31. The normalized spacial score (nSPS) is 12.5. The number of hydrogen-bond donors (Lipinski definition) is 1. The minimum Gasteiger partial charge on any atom is -0.302 e. The minimum absolute atomic E-state index is 0.0788. The van der Waals surface area contributed by atoms with Gasteiger partial charge in [-0.15, -0.1) is 6.42 Å². The quantitative estimate of drug-likeness (QED) is 0.648.